The fourth-order valence-corrected chi connectivity index (χ4v) is 2.87. The minimum atomic E-state index is -0.469. The van der Waals surface area contributed by atoms with Crippen molar-refractivity contribution in [2.75, 3.05) is 18.4 Å². The number of likely N-dealkylation sites (tertiary alicyclic amines) is 1. The topological polar surface area (TPSA) is 61.8 Å². The fourth-order valence-electron chi connectivity index (χ4n) is 2.87. The lowest BCUT2D eigenvalue weighted by atomic mass is 10.1. The summed E-state index contributed by atoms with van der Waals surface area (Å²) in [5.41, 5.74) is 1.47. The molecule has 0 radical (unpaired) electrons. The number of aliphatic hydroxyl groups excluding tert-OH is 1. The lowest BCUT2D eigenvalue weighted by molar-refractivity contribution is 0.0256. The first kappa shape index (κ1) is 18.6. The van der Waals surface area contributed by atoms with E-state index in [0.717, 1.165) is 37.1 Å². The van der Waals surface area contributed by atoms with E-state index >= 15 is 0 Å². The van der Waals surface area contributed by atoms with Gasteiger partial charge < -0.3 is 20.1 Å². The number of benzene rings is 1. The van der Waals surface area contributed by atoms with E-state index in [1.54, 1.807) is 11.8 Å². The highest BCUT2D eigenvalue weighted by Crippen LogP contribution is 2.21. The second-order valence-corrected chi connectivity index (χ2v) is 7.54. The van der Waals surface area contributed by atoms with Crippen molar-refractivity contribution in [2.24, 2.45) is 0 Å². The second-order valence-electron chi connectivity index (χ2n) is 7.54. The third-order valence-corrected chi connectivity index (χ3v) is 4.12. The molecule has 0 saturated carbocycles. The molecule has 1 aromatic carbocycles. The van der Waals surface area contributed by atoms with Crippen molar-refractivity contribution < 1.29 is 14.6 Å². The van der Waals surface area contributed by atoms with Crippen molar-refractivity contribution in [2.45, 2.75) is 64.7 Å². The van der Waals surface area contributed by atoms with Crippen LogP contribution in [0.2, 0.25) is 0 Å². The molecule has 5 nitrogen and oxygen atoms in total. The molecule has 5 heteroatoms. The van der Waals surface area contributed by atoms with Crippen LogP contribution >= 0.6 is 0 Å². The Hall–Kier alpha value is -1.75. The number of rotatable bonds is 3. The number of carbonyl (C=O) groups is 1. The van der Waals surface area contributed by atoms with Gasteiger partial charge in [0.15, 0.2) is 0 Å². The maximum Gasteiger partial charge on any atom is 0.410 e. The van der Waals surface area contributed by atoms with Crippen molar-refractivity contribution in [3.05, 3.63) is 29.8 Å². The van der Waals surface area contributed by atoms with Crippen LogP contribution in [0, 0.1) is 0 Å². The van der Waals surface area contributed by atoms with E-state index in [1.165, 1.54) is 0 Å². The van der Waals surface area contributed by atoms with Crippen molar-refractivity contribution in [1.82, 2.24) is 4.90 Å². The summed E-state index contributed by atoms with van der Waals surface area (Å²) >= 11 is 0. The molecule has 1 fully saturated rings. The monoisotopic (exact) mass is 334 g/mol. The smallest absolute Gasteiger partial charge is 0.410 e. The number of ether oxygens (including phenoxy) is 1. The van der Waals surface area contributed by atoms with E-state index in [-0.39, 0.29) is 6.09 Å². The Labute approximate surface area is 145 Å². The third kappa shape index (κ3) is 5.71. The lowest BCUT2D eigenvalue weighted by Gasteiger charge is -2.26. The number of aliphatic hydroxyl groups is 1. The van der Waals surface area contributed by atoms with Crippen LogP contribution in [0.3, 0.4) is 0 Å². The van der Waals surface area contributed by atoms with Crippen molar-refractivity contribution >= 4 is 11.8 Å². The van der Waals surface area contributed by atoms with E-state index in [9.17, 15) is 9.90 Å². The number of nitrogens with one attached hydrogen (secondary N) is 1. The minimum absolute atomic E-state index is 0.223. The van der Waals surface area contributed by atoms with Crippen LogP contribution in [-0.2, 0) is 4.74 Å². The Kier molecular flexibility index (Phi) is 6.10. The average molecular weight is 334 g/mol. The van der Waals surface area contributed by atoms with Gasteiger partial charge >= 0.3 is 6.09 Å². The van der Waals surface area contributed by atoms with Crippen molar-refractivity contribution in [3.8, 4) is 0 Å². The predicted octanol–water partition coefficient (Wildman–Crippen LogP) is 3.94. The normalized spacial score (nSPS) is 20.2. The molecule has 2 unspecified atom stereocenters. The summed E-state index contributed by atoms with van der Waals surface area (Å²) in [6.45, 7) is 8.87. The van der Waals surface area contributed by atoms with E-state index in [0.29, 0.717) is 12.6 Å². The molecule has 0 aliphatic carbocycles. The molecule has 1 amide bonds. The molecule has 1 heterocycles. The van der Waals surface area contributed by atoms with Gasteiger partial charge in [0.1, 0.15) is 5.60 Å². The molecule has 1 aliphatic rings. The summed E-state index contributed by atoms with van der Waals surface area (Å²) in [6.07, 6.45) is 2.16. The summed E-state index contributed by atoms with van der Waals surface area (Å²) < 4.78 is 5.47. The van der Waals surface area contributed by atoms with Crippen LogP contribution < -0.4 is 5.32 Å². The molecule has 134 valence electrons. The molecular weight excluding hydrogens is 304 g/mol. The molecule has 1 saturated heterocycles. The number of nitrogens with zero attached hydrogens (tertiary/aromatic N) is 1. The van der Waals surface area contributed by atoms with Gasteiger partial charge in [0.2, 0.25) is 0 Å². The molecule has 0 spiro atoms. The summed E-state index contributed by atoms with van der Waals surface area (Å²) in [7, 11) is 0. The maximum atomic E-state index is 12.2. The van der Waals surface area contributed by atoms with Gasteiger partial charge in [0.25, 0.3) is 0 Å². The molecule has 0 aromatic heterocycles. The molecule has 2 N–H and O–H groups in total. The Balaban J connectivity index is 1.91. The largest absolute Gasteiger partial charge is 0.444 e. The third-order valence-electron chi connectivity index (χ3n) is 4.12. The quantitative estimate of drug-likeness (QED) is 0.879. The molecular formula is C19H30N2O3. The summed E-state index contributed by atoms with van der Waals surface area (Å²) in [5.74, 6) is 0. The van der Waals surface area contributed by atoms with E-state index in [1.807, 2.05) is 45.0 Å². The first-order valence-electron chi connectivity index (χ1n) is 8.77. The molecule has 2 atom stereocenters. The van der Waals surface area contributed by atoms with E-state index in [4.69, 9.17) is 4.74 Å². The Morgan fingerprint density at radius 2 is 2.08 bits per heavy atom. The van der Waals surface area contributed by atoms with Gasteiger partial charge in [-0.25, -0.2) is 4.79 Å². The lowest BCUT2D eigenvalue weighted by Crippen LogP contribution is -2.37. The van der Waals surface area contributed by atoms with Gasteiger partial charge in [-0.2, -0.15) is 0 Å². The predicted molar refractivity (Wildman–Crippen MR) is 96.1 cm³/mol. The molecule has 1 aromatic rings. The zero-order valence-corrected chi connectivity index (χ0v) is 15.2. The zero-order valence-electron chi connectivity index (χ0n) is 15.2. The van der Waals surface area contributed by atoms with Crippen molar-refractivity contribution in [1.29, 1.82) is 0 Å². The number of hydrogen-bond acceptors (Lipinski definition) is 4. The first-order valence-corrected chi connectivity index (χ1v) is 8.77. The van der Waals surface area contributed by atoms with Gasteiger partial charge in [-0.05, 0) is 64.7 Å². The Morgan fingerprint density at radius 1 is 1.33 bits per heavy atom. The second kappa shape index (κ2) is 7.88. The fraction of sp³-hybridized carbons (Fsp3) is 0.632. The number of carbonyl (C=O) groups excluding carboxylic acids is 1. The standard InChI is InChI=1S/C19H30N2O3/c1-14(22)15-7-5-8-17(13-15)20-16-9-6-11-21(12-10-16)18(23)24-19(2,3)4/h5,7-8,13-14,16,20,22H,6,9-12H2,1-4H3. The van der Waals surface area contributed by atoms with Gasteiger partial charge in [-0.15, -0.1) is 0 Å². The molecule has 1 aliphatic heterocycles. The van der Waals surface area contributed by atoms with Gasteiger partial charge in [-0.3, -0.25) is 0 Å². The highest BCUT2D eigenvalue weighted by Gasteiger charge is 2.25. The number of hydrogen-bond donors (Lipinski definition) is 2. The average Bonchev–Trinajstić information content (AvgIpc) is 2.71. The summed E-state index contributed by atoms with van der Waals surface area (Å²) in [6, 6.07) is 8.20. The Morgan fingerprint density at radius 3 is 2.75 bits per heavy atom. The van der Waals surface area contributed by atoms with Crippen LogP contribution in [0.5, 0.6) is 0 Å². The van der Waals surface area contributed by atoms with Gasteiger partial charge in [0.05, 0.1) is 6.10 Å². The SMILES string of the molecule is CC(O)c1cccc(NC2CCCN(C(=O)OC(C)(C)C)CC2)c1. The Bertz CT molecular complexity index is 552. The zero-order chi connectivity index (χ0) is 17.7. The minimum Gasteiger partial charge on any atom is -0.444 e. The number of anilines is 1. The van der Waals surface area contributed by atoms with Crippen LogP contribution in [0.4, 0.5) is 10.5 Å². The molecule has 24 heavy (non-hydrogen) atoms. The number of amides is 1. The van der Waals surface area contributed by atoms with Gasteiger partial charge in [0, 0.05) is 24.8 Å². The summed E-state index contributed by atoms with van der Waals surface area (Å²) in [4.78, 5) is 14.0. The van der Waals surface area contributed by atoms with Crippen LogP contribution in [0.1, 0.15) is 58.6 Å². The van der Waals surface area contributed by atoms with Crippen LogP contribution in [0.15, 0.2) is 24.3 Å². The van der Waals surface area contributed by atoms with E-state index in [2.05, 4.69) is 5.32 Å². The first-order chi connectivity index (χ1) is 11.2. The maximum absolute atomic E-state index is 12.2. The van der Waals surface area contributed by atoms with Crippen molar-refractivity contribution in [3.63, 3.8) is 0 Å². The highest BCUT2D eigenvalue weighted by atomic mass is 16.6. The molecule has 2 rings (SSSR count). The molecule has 0 bridgehead atoms. The van der Waals surface area contributed by atoms with Gasteiger partial charge in [-0.1, -0.05) is 12.1 Å². The van der Waals surface area contributed by atoms with E-state index < -0.39 is 11.7 Å². The van der Waals surface area contributed by atoms with Crippen LogP contribution in [-0.4, -0.2) is 40.8 Å². The highest BCUT2D eigenvalue weighted by molar-refractivity contribution is 5.68. The van der Waals surface area contributed by atoms with Crippen LogP contribution in [0.25, 0.3) is 0 Å². The summed E-state index contributed by atoms with van der Waals surface area (Å²) in [5, 5.41) is 13.2.